The number of carbonyl (C=O) groups is 1. The minimum absolute atomic E-state index is 0.0180. The monoisotopic (exact) mass is 212 g/mol. The summed E-state index contributed by atoms with van der Waals surface area (Å²) in [6.07, 6.45) is 2.24. The molecule has 86 valence electrons. The van der Waals surface area contributed by atoms with Gasteiger partial charge < -0.3 is 21.3 Å². The lowest BCUT2D eigenvalue weighted by Gasteiger charge is -2.28. The molecule has 2 aliphatic rings. The Morgan fingerprint density at radius 3 is 2.73 bits per heavy atom. The van der Waals surface area contributed by atoms with Crippen molar-refractivity contribution in [3.8, 4) is 0 Å². The molecule has 5 nitrogen and oxygen atoms in total. The maximum atomic E-state index is 11.5. The second kappa shape index (κ2) is 5.32. The van der Waals surface area contributed by atoms with Gasteiger partial charge in [0.25, 0.3) is 0 Å². The van der Waals surface area contributed by atoms with Crippen molar-refractivity contribution in [2.24, 2.45) is 5.92 Å². The molecule has 2 saturated heterocycles. The van der Waals surface area contributed by atoms with Crippen molar-refractivity contribution in [1.82, 2.24) is 21.3 Å². The predicted molar refractivity (Wildman–Crippen MR) is 58.8 cm³/mol. The van der Waals surface area contributed by atoms with E-state index in [0.29, 0.717) is 12.0 Å². The topological polar surface area (TPSA) is 65.2 Å². The summed E-state index contributed by atoms with van der Waals surface area (Å²) in [5.74, 6) is 0.625. The van der Waals surface area contributed by atoms with Crippen LogP contribution in [0.2, 0.25) is 0 Å². The van der Waals surface area contributed by atoms with E-state index >= 15 is 0 Å². The zero-order valence-corrected chi connectivity index (χ0v) is 9.01. The van der Waals surface area contributed by atoms with E-state index in [0.717, 1.165) is 45.6 Å². The Bertz CT molecular complexity index is 211. The second-order valence-electron chi connectivity index (χ2n) is 4.42. The van der Waals surface area contributed by atoms with Gasteiger partial charge in [-0.15, -0.1) is 0 Å². The van der Waals surface area contributed by atoms with Crippen LogP contribution in [0.25, 0.3) is 0 Å². The predicted octanol–water partition coefficient (Wildman–Crippen LogP) is -0.743. The smallest absolute Gasteiger partial charge is 0.315 e. The number of nitrogens with one attached hydrogen (secondary N) is 4. The number of carbonyl (C=O) groups excluding carboxylic acids is 1. The third kappa shape index (κ3) is 3.35. The van der Waals surface area contributed by atoms with Gasteiger partial charge in [0.1, 0.15) is 0 Å². The molecule has 2 rings (SSSR count). The maximum Gasteiger partial charge on any atom is 0.315 e. The van der Waals surface area contributed by atoms with Crippen LogP contribution in [0.15, 0.2) is 0 Å². The molecular formula is C10H20N4O. The van der Waals surface area contributed by atoms with Gasteiger partial charge in [0.2, 0.25) is 0 Å². The lowest BCUT2D eigenvalue weighted by atomic mass is 10.0. The first kappa shape index (κ1) is 10.7. The van der Waals surface area contributed by atoms with E-state index < -0.39 is 0 Å². The number of hydrogen-bond acceptors (Lipinski definition) is 3. The van der Waals surface area contributed by atoms with Crippen molar-refractivity contribution >= 4 is 6.03 Å². The van der Waals surface area contributed by atoms with Crippen LogP contribution in [-0.2, 0) is 0 Å². The summed E-state index contributed by atoms with van der Waals surface area (Å²) in [6.45, 7) is 4.83. The Kier molecular flexibility index (Phi) is 3.80. The fraction of sp³-hybridized carbons (Fsp3) is 0.900. The van der Waals surface area contributed by atoms with Gasteiger partial charge in [-0.05, 0) is 19.4 Å². The molecule has 1 unspecified atom stereocenters. The molecule has 0 aromatic heterocycles. The summed E-state index contributed by atoms with van der Waals surface area (Å²) >= 11 is 0. The summed E-state index contributed by atoms with van der Waals surface area (Å²) in [5, 5.41) is 12.4. The summed E-state index contributed by atoms with van der Waals surface area (Å²) in [7, 11) is 0. The molecule has 1 atom stereocenters. The molecule has 0 aromatic rings. The van der Waals surface area contributed by atoms with Crippen molar-refractivity contribution in [3.63, 3.8) is 0 Å². The molecular weight excluding hydrogens is 192 g/mol. The van der Waals surface area contributed by atoms with E-state index in [1.807, 2.05) is 0 Å². The van der Waals surface area contributed by atoms with Gasteiger partial charge in [-0.25, -0.2) is 4.79 Å². The molecule has 4 N–H and O–H groups in total. The average Bonchev–Trinajstić information content (AvgIpc) is 2.17. The molecule has 2 fully saturated rings. The highest BCUT2D eigenvalue weighted by atomic mass is 16.2. The van der Waals surface area contributed by atoms with Gasteiger partial charge in [-0.2, -0.15) is 0 Å². The van der Waals surface area contributed by atoms with E-state index in [4.69, 9.17) is 0 Å². The van der Waals surface area contributed by atoms with Crippen LogP contribution in [0.3, 0.4) is 0 Å². The number of rotatable bonds is 3. The average molecular weight is 212 g/mol. The molecule has 0 bridgehead atoms. The molecule has 0 radical (unpaired) electrons. The van der Waals surface area contributed by atoms with Gasteiger partial charge in [-0.3, -0.25) is 0 Å². The molecule has 0 saturated carbocycles. The van der Waals surface area contributed by atoms with Crippen molar-refractivity contribution in [1.29, 1.82) is 0 Å². The molecule has 15 heavy (non-hydrogen) atoms. The van der Waals surface area contributed by atoms with Gasteiger partial charge in [0.05, 0.1) is 0 Å². The minimum atomic E-state index is -0.0180. The van der Waals surface area contributed by atoms with Gasteiger partial charge in [0.15, 0.2) is 0 Å². The Balaban J connectivity index is 1.58. The zero-order chi connectivity index (χ0) is 10.5. The Labute approximate surface area is 90.4 Å². The lowest BCUT2D eigenvalue weighted by molar-refractivity contribution is 0.228. The molecule has 0 aromatic carbocycles. The maximum absolute atomic E-state index is 11.5. The Morgan fingerprint density at radius 1 is 1.27 bits per heavy atom. The SMILES string of the molecule is O=C(NCC1CNC1)NC1CCCNC1. The lowest BCUT2D eigenvalue weighted by Crippen LogP contribution is -2.53. The number of hydrogen-bond donors (Lipinski definition) is 4. The molecule has 5 heteroatoms. The summed E-state index contributed by atoms with van der Waals surface area (Å²) in [5.41, 5.74) is 0. The summed E-state index contributed by atoms with van der Waals surface area (Å²) in [4.78, 5) is 11.5. The van der Waals surface area contributed by atoms with Gasteiger partial charge >= 0.3 is 6.03 Å². The molecule has 0 spiro atoms. The van der Waals surface area contributed by atoms with E-state index in [1.165, 1.54) is 0 Å². The number of amides is 2. The molecule has 2 heterocycles. The first-order valence-corrected chi connectivity index (χ1v) is 5.80. The third-order valence-electron chi connectivity index (χ3n) is 3.05. The number of urea groups is 1. The molecule has 2 aliphatic heterocycles. The van der Waals surface area contributed by atoms with Crippen LogP contribution < -0.4 is 21.3 Å². The summed E-state index contributed by atoms with van der Waals surface area (Å²) < 4.78 is 0. The first-order valence-electron chi connectivity index (χ1n) is 5.80. The van der Waals surface area contributed by atoms with Gasteiger partial charge in [-0.1, -0.05) is 0 Å². The van der Waals surface area contributed by atoms with Crippen molar-refractivity contribution in [2.75, 3.05) is 32.7 Å². The highest BCUT2D eigenvalue weighted by Gasteiger charge is 2.19. The Hall–Kier alpha value is -0.810. The van der Waals surface area contributed by atoms with Crippen LogP contribution >= 0.6 is 0 Å². The quantitative estimate of drug-likeness (QED) is 0.498. The fourth-order valence-corrected chi connectivity index (χ4v) is 1.94. The highest BCUT2D eigenvalue weighted by molar-refractivity contribution is 5.74. The van der Waals surface area contributed by atoms with Crippen LogP contribution in [0, 0.1) is 5.92 Å². The Morgan fingerprint density at radius 2 is 2.13 bits per heavy atom. The van der Waals surface area contributed by atoms with E-state index in [1.54, 1.807) is 0 Å². The van der Waals surface area contributed by atoms with Crippen molar-refractivity contribution < 1.29 is 4.79 Å². The minimum Gasteiger partial charge on any atom is -0.338 e. The van der Waals surface area contributed by atoms with E-state index in [9.17, 15) is 4.79 Å². The summed E-state index contributed by atoms with van der Waals surface area (Å²) in [6, 6.07) is 0.286. The van der Waals surface area contributed by atoms with E-state index in [-0.39, 0.29) is 6.03 Å². The fourth-order valence-electron chi connectivity index (χ4n) is 1.94. The van der Waals surface area contributed by atoms with Crippen LogP contribution in [0.4, 0.5) is 4.79 Å². The zero-order valence-electron chi connectivity index (χ0n) is 9.01. The first-order chi connectivity index (χ1) is 7.34. The number of piperidine rings is 1. The normalized spacial score (nSPS) is 26.8. The molecule has 0 aliphatic carbocycles. The standard InChI is InChI=1S/C10H20N4O/c15-10(13-6-8-4-12-5-8)14-9-2-1-3-11-7-9/h8-9,11-12H,1-7H2,(H2,13,14,15). The van der Waals surface area contributed by atoms with Crippen LogP contribution in [-0.4, -0.2) is 44.8 Å². The highest BCUT2D eigenvalue weighted by Crippen LogP contribution is 2.02. The van der Waals surface area contributed by atoms with Crippen LogP contribution in [0.5, 0.6) is 0 Å². The van der Waals surface area contributed by atoms with Crippen LogP contribution in [0.1, 0.15) is 12.8 Å². The van der Waals surface area contributed by atoms with E-state index in [2.05, 4.69) is 21.3 Å². The van der Waals surface area contributed by atoms with Crippen molar-refractivity contribution in [2.45, 2.75) is 18.9 Å². The third-order valence-corrected chi connectivity index (χ3v) is 3.05. The van der Waals surface area contributed by atoms with Crippen molar-refractivity contribution in [3.05, 3.63) is 0 Å². The molecule has 2 amide bonds. The van der Waals surface area contributed by atoms with Gasteiger partial charge in [0, 0.05) is 38.1 Å². The largest absolute Gasteiger partial charge is 0.338 e. The second-order valence-corrected chi connectivity index (χ2v) is 4.42.